The van der Waals surface area contributed by atoms with E-state index in [-0.39, 0.29) is 18.2 Å². The van der Waals surface area contributed by atoms with Crippen LogP contribution in [0.3, 0.4) is 0 Å². The van der Waals surface area contributed by atoms with Crippen molar-refractivity contribution in [3.05, 3.63) is 63.6 Å². The van der Waals surface area contributed by atoms with Crippen LogP contribution in [-0.4, -0.2) is 53.5 Å². The number of benzene rings is 2. The van der Waals surface area contributed by atoms with Crippen LogP contribution in [0.15, 0.2) is 58.1 Å². The van der Waals surface area contributed by atoms with Crippen molar-refractivity contribution in [3.63, 3.8) is 0 Å². The molecule has 2 aliphatic rings. The molecule has 0 saturated carbocycles. The lowest BCUT2D eigenvalue weighted by Crippen LogP contribution is -2.51. The summed E-state index contributed by atoms with van der Waals surface area (Å²) in [7, 11) is 0. The van der Waals surface area contributed by atoms with Gasteiger partial charge in [-0.25, -0.2) is 5.01 Å². The number of hydrogen-bond acceptors (Lipinski definition) is 4. The summed E-state index contributed by atoms with van der Waals surface area (Å²) in [5.41, 5.74) is 2.32. The van der Waals surface area contributed by atoms with Crippen molar-refractivity contribution in [1.82, 2.24) is 9.80 Å². The maximum absolute atomic E-state index is 13.0. The summed E-state index contributed by atoms with van der Waals surface area (Å²) >= 11 is 9.34. The van der Waals surface area contributed by atoms with Gasteiger partial charge in [0, 0.05) is 55.1 Å². The number of carbonyl (C=O) groups is 2. The van der Waals surface area contributed by atoms with E-state index in [1.807, 2.05) is 53.4 Å². The first kappa shape index (κ1) is 21.0. The predicted octanol–water partition coefficient (Wildman–Crippen LogP) is 3.93. The Morgan fingerprint density at radius 3 is 2.30 bits per heavy atom. The number of halogens is 2. The summed E-state index contributed by atoms with van der Waals surface area (Å²) in [5.74, 6) is -0.169. The third-order valence-electron chi connectivity index (χ3n) is 5.33. The van der Waals surface area contributed by atoms with Gasteiger partial charge in [-0.15, -0.1) is 0 Å². The monoisotopic (exact) mass is 488 g/mol. The number of anilines is 1. The zero-order valence-electron chi connectivity index (χ0n) is 16.4. The summed E-state index contributed by atoms with van der Waals surface area (Å²) in [6, 6.07) is 15.2. The number of carbonyl (C=O) groups excluding carboxylic acids is 2. The lowest BCUT2D eigenvalue weighted by atomic mass is 10.1. The molecule has 2 aliphatic heterocycles. The molecule has 0 aromatic heterocycles. The molecule has 1 saturated heterocycles. The summed E-state index contributed by atoms with van der Waals surface area (Å²) in [6.07, 6.45) is 0.673. The van der Waals surface area contributed by atoms with Crippen molar-refractivity contribution in [1.29, 1.82) is 0 Å². The molecule has 30 heavy (non-hydrogen) atoms. The molecule has 8 heteroatoms. The molecule has 0 atom stereocenters. The second kappa shape index (κ2) is 9.29. The number of hydrogen-bond donors (Lipinski definition) is 0. The van der Waals surface area contributed by atoms with Crippen LogP contribution in [-0.2, 0) is 16.1 Å². The molecule has 2 aromatic rings. The Hall–Kier alpha value is -2.22. The van der Waals surface area contributed by atoms with E-state index in [1.165, 1.54) is 10.6 Å². The fourth-order valence-electron chi connectivity index (χ4n) is 3.63. The molecule has 0 aliphatic carbocycles. The molecule has 2 aromatic carbocycles. The van der Waals surface area contributed by atoms with E-state index >= 15 is 0 Å². The van der Waals surface area contributed by atoms with E-state index in [2.05, 4.69) is 25.9 Å². The molecule has 2 heterocycles. The summed E-state index contributed by atoms with van der Waals surface area (Å²) in [5, 5.41) is 6.48. The molecule has 4 rings (SSSR count). The number of amides is 2. The van der Waals surface area contributed by atoms with Crippen molar-refractivity contribution < 1.29 is 9.59 Å². The predicted molar refractivity (Wildman–Crippen MR) is 122 cm³/mol. The van der Waals surface area contributed by atoms with Crippen LogP contribution in [0.4, 0.5) is 5.69 Å². The normalized spacial score (nSPS) is 17.8. The van der Waals surface area contributed by atoms with E-state index in [0.717, 1.165) is 29.1 Å². The van der Waals surface area contributed by atoms with Crippen molar-refractivity contribution >= 4 is 50.7 Å². The number of hydrazone groups is 1. The second-order valence-corrected chi connectivity index (χ2v) is 8.78. The van der Waals surface area contributed by atoms with Gasteiger partial charge in [-0.1, -0.05) is 39.7 Å². The molecule has 156 valence electrons. The summed E-state index contributed by atoms with van der Waals surface area (Å²) in [4.78, 5) is 29.5. The van der Waals surface area contributed by atoms with Gasteiger partial charge in [0.15, 0.2) is 0 Å². The smallest absolute Gasteiger partial charge is 0.270 e. The van der Waals surface area contributed by atoms with Crippen LogP contribution in [0.5, 0.6) is 0 Å². The maximum Gasteiger partial charge on any atom is 0.270 e. The molecule has 6 nitrogen and oxygen atoms in total. The molecule has 0 radical (unpaired) electrons. The van der Waals surface area contributed by atoms with E-state index in [9.17, 15) is 9.59 Å². The third-order valence-corrected chi connectivity index (χ3v) is 6.11. The zero-order valence-corrected chi connectivity index (χ0v) is 18.8. The van der Waals surface area contributed by atoms with Crippen LogP contribution < -0.4 is 5.01 Å². The largest absolute Gasteiger partial charge is 0.335 e. The van der Waals surface area contributed by atoms with Crippen LogP contribution in [0, 0.1) is 0 Å². The van der Waals surface area contributed by atoms with E-state index in [1.54, 1.807) is 0 Å². The highest BCUT2D eigenvalue weighted by Crippen LogP contribution is 2.23. The quantitative estimate of drug-likeness (QED) is 0.654. The van der Waals surface area contributed by atoms with Crippen molar-refractivity contribution in [2.24, 2.45) is 5.10 Å². The lowest BCUT2D eigenvalue weighted by molar-refractivity contribution is -0.126. The van der Waals surface area contributed by atoms with Gasteiger partial charge in [0.1, 0.15) is 5.71 Å². The SMILES string of the molecule is O=C(C1=NN(c2ccc(Br)cc2)C(=O)CC1)N1CCN(Cc2ccc(Cl)cc2)CC1. The van der Waals surface area contributed by atoms with Crippen LogP contribution in [0.25, 0.3) is 0 Å². The fourth-order valence-corrected chi connectivity index (χ4v) is 4.02. The highest BCUT2D eigenvalue weighted by atomic mass is 79.9. The van der Waals surface area contributed by atoms with Crippen molar-refractivity contribution in [3.8, 4) is 0 Å². The van der Waals surface area contributed by atoms with E-state index < -0.39 is 0 Å². The molecule has 0 unspecified atom stereocenters. The topological polar surface area (TPSA) is 56.2 Å². The Kier molecular flexibility index (Phi) is 6.51. The molecular formula is C22H22BrClN4O2. The molecule has 0 bridgehead atoms. The highest BCUT2D eigenvalue weighted by molar-refractivity contribution is 9.10. The number of nitrogens with zero attached hydrogens (tertiary/aromatic N) is 4. The minimum absolute atomic E-state index is 0.0734. The minimum atomic E-state index is -0.0957. The van der Waals surface area contributed by atoms with Gasteiger partial charge >= 0.3 is 0 Å². The van der Waals surface area contributed by atoms with Gasteiger partial charge in [0.25, 0.3) is 5.91 Å². The molecule has 0 spiro atoms. The van der Waals surface area contributed by atoms with Gasteiger partial charge in [-0.3, -0.25) is 14.5 Å². The fraction of sp³-hybridized carbons (Fsp3) is 0.318. The summed E-state index contributed by atoms with van der Waals surface area (Å²) < 4.78 is 0.924. The van der Waals surface area contributed by atoms with E-state index in [4.69, 9.17) is 11.6 Å². The second-order valence-electron chi connectivity index (χ2n) is 7.42. The molecule has 0 N–H and O–H groups in total. The van der Waals surface area contributed by atoms with Gasteiger partial charge in [-0.2, -0.15) is 5.10 Å². The Morgan fingerprint density at radius 1 is 0.967 bits per heavy atom. The highest BCUT2D eigenvalue weighted by Gasteiger charge is 2.30. The van der Waals surface area contributed by atoms with E-state index in [0.29, 0.717) is 30.9 Å². The zero-order chi connectivity index (χ0) is 21.1. The van der Waals surface area contributed by atoms with Gasteiger partial charge in [0.2, 0.25) is 5.91 Å². The van der Waals surface area contributed by atoms with Crippen LogP contribution >= 0.6 is 27.5 Å². The Bertz CT molecular complexity index is 954. The Labute approximate surface area is 189 Å². The first-order valence-electron chi connectivity index (χ1n) is 9.92. The molecule has 1 fully saturated rings. The molecule has 2 amide bonds. The maximum atomic E-state index is 13.0. The molecular weight excluding hydrogens is 468 g/mol. The summed E-state index contributed by atoms with van der Waals surface area (Å²) in [6.45, 7) is 3.75. The first-order chi connectivity index (χ1) is 14.5. The lowest BCUT2D eigenvalue weighted by Gasteiger charge is -2.35. The van der Waals surface area contributed by atoms with Gasteiger partial charge in [-0.05, 0) is 42.0 Å². The van der Waals surface area contributed by atoms with Gasteiger partial charge in [0.05, 0.1) is 5.69 Å². The number of rotatable bonds is 4. The van der Waals surface area contributed by atoms with Gasteiger partial charge < -0.3 is 4.90 Å². The first-order valence-corrected chi connectivity index (χ1v) is 11.1. The Balaban J connectivity index is 1.38. The van der Waals surface area contributed by atoms with Crippen LogP contribution in [0.1, 0.15) is 18.4 Å². The average Bonchev–Trinajstić information content (AvgIpc) is 2.76. The Morgan fingerprint density at radius 2 is 1.63 bits per heavy atom. The average molecular weight is 490 g/mol. The van der Waals surface area contributed by atoms with Crippen molar-refractivity contribution in [2.45, 2.75) is 19.4 Å². The standard InChI is InChI=1S/C22H22BrClN4O2/c23-17-3-7-19(8-4-17)28-21(29)10-9-20(25-28)22(30)27-13-11-26(12-14-27)15-16-1-5-18(24)6-2-16/h1-8H,9-15H2. The minimum Gasteiger partial charge on any atom is -0.335 e. The van der Waals surface area contributed by atoms with Crippen LogP contribution in [0.2, 0.25) is 5.02 Å². The number of piperazine rings is 1. The third kappa shape index (κ3) is 4.91. The van der Waals surface area contributed by atoms with Crippen molar-refractivity contribution in [2.75, 3.05) is 31.2 Å².